The minimum absolute atomic E-state index is 0.0853. The number of phenolic OH excluding ortho intramolecular Hbond substituents is 1. The summed E-state index contributed by atoms with van der Waals surface area (Å²) in [5.74, 6) is 1.03. The van der Waals surface area contributed by atoms with E-state index in [1.165, 1.54) is 7.11 Å². The van der Waals surface area contributed by atoms with Crippen molar-refractivity contribution in [1.82, 2.24) is 19.6 Å². The summed E-state index contributed by atoms with van der Waals surface area (Å²) in [5, 5.41) is 15.1. The van der Waals surface area contributed by atoms with Crippen molar-refractivity contribution in [2.24, 2.45) is 0 Å². The molecule has 0 aliphatic heterocycles. The van der Waals surface area contributed by atoms with Crippen molar-refractivity contribution in [3.8, 4) is 22.9 Å². The van der Waals surface area contributed by atoms with E-state index in [-0.39, 0.29) is 5.75 Å². The van der Waals surface area contributed by atoms with Gasteiger partial charge in [0, 0.05) is 10.9 Å². The van der Waals surface area contributed by atoms with Crippen molar-refractivity contribution in [1.29, 1.82) is 0 Å². The van der Waals surface area contributed by atoms with E-state index in [0.717, 1.165) is 22.1 Å². The average Bonchev–Trinajstić information content (AvgIpc) is 3.00. The molecule has 0 radical (unpaired) electrons. The number of rotatable bonds is 2. The van der Waals surface area contributed by atoms with E-state index in [2.05, 4.69) is 15.1 Å². The van der Waals surface area contributed by atoms with Crippen molar-refractivity contribution >= 4 is 16.6 Å². The fourth-order valence-corrected chi connectivity index (χ4v) is 2.42. The van der Waals surface area contributed by atoms with Crippen LogP contribution in [0.2, 0.25) is 0 Å². The zero-order chi connectivity index (χ0) is 15.1. The van der Waals surface area contributed by atoms with Crippen molar-refractivity contribution in [3.05, 3.63) is 48.8 Å². The number of fused-ring (bicyclic) bond motifs is 3. The molecule has 0 atom stereocenters. The topological polar surface area (TPSA) is 72.5 Å². The second-order valence-corrected chi connectivity index (χ2v) is 4.85. The van der Waals surface area contributed by atoms with E-state index in [1.807, 2.05) is 24.3 Å². The molecule has 6 heteroatoms. The summed E-state index contributed by atoms with van der Waals surface area (Å²) in [6.45, 7) is 0. The van der Waals surface area contributed by atoms with Gasteiger partial charge in [0.25, 0.3) is 0 Å². The van der Waals surface area contributed by atoms with Gasteiger partial charge < -0.3 is 9.84 Å². The van der Waals surface area contributed by atoms with E-state index in [9.17, 15) is 5.11 Å². The van der Waals surface area contributed by atoms with Gasteiger partial charge in [0.05, 0.1) is 12.6 Å². The van der Waals surface area contributed by atoms with E-state index in [4.69, 9.17) is 4.74 Å². The van der Waals surface area contributed by atoms with Crippen molar-refractivity contribution in [2.75, 3.05) is 7.11 Å². The van der Waals surface area contributed by atoms with Crippen LogP contribution in [0.3, 0.4) is 0 Å². The van der Waals surface area contributed by atoms with Crippen LogP contribution in [0, 0.1) is 0 Å². The van der Waals surface area contributed by atoms with Crippen molar-refractivity contribution in [2.45, 2.75) is 0 Å². The third-order valence-electron chi connectivity index (χ3n) is 3.52. The summed E-state index contributed by atoms with van der Waals surface area (Å²) in [7, 11) is 1.51. The quantitative estimate of drug-likeness (QED) is 0.615. The number of ether oxygens (including phenoxy) is 1. The molecule has 0 amide bonds. The van der Waals surface area contributed by atoms with Gasteiger partial charge in [0.15, 0.2) is 23.0 Å². The SMILES string of the molecule is COc1cc(-c2nc3c4ccccc4ncn3n2)ccc1O. The number of aromatic nitrogens is 4. The molecule has 2 aromatic heterocycles. The maximum atomic E-state index is 9.68. The zero-order valence-corrected chi connectivity index (χ0v) is 11.8. The van der Waals surface area contributed by atoms with Gasteiger partial charge in [-0.25, -0.2) is 14.5 Å². The van der Waals surface area contributed by atoms with Gasteiger partial charge in [0.1, 0.15) is 6.33 Å². The third-order valence-corrected chi connectivity index (χ3v) is 3.52. The standard InChI is InChI=1S/C16H12N4O2/c1-22-14-8-10(6-7-13(14)21)15-18-16-11-4-2-3-5-12(11)17-9-20(16)19-15/h2-9,21H,1H3. The molecule has 0 aliphatic carbocycles. The summed E-state index contributed by atoms with van der Waals surface area (Å²) in [5.41, 5.74) is 2.38. The molecule has 108 valence electrons. The minimum atomic E-state index is 0.0853. The van der Waals surface area contributed by atoms with Gasteiger partial charge in [0.2, 0.25) is 0 Å². The molecule has 4 rings (SSSR count). The summed E-state index contributed by atoms with van der Waals surface area (Å²) >= 11 is 0. The molecule has 0 saturated heterocycles. The lowest BCUT2D eigenvalue weighted by Gasteiger charge is -2.03. The fourth-order valence-electron chi connectivity index (χ4n) is 2.42. The number of benzene rings is 2. The van der Waals surface area contributed by atoms with Crippen LogP contribution in [0.4, 0.5) is 0 Å². The molecule has 22 heavy (non-hydrogen) atoms. The van der Waals surface area contributed by atoms with E-state index in [1.54, 1.807) is 29.0 Å². The Morgan fingerprint density at radius 1 is 1.14 bits per heavy atom. The van der Waals surface area contributed by atoms with Crippen molar-refractivity contribution in [3.63, 3.8) is 0 Å². The van der Waals surface area contributed by atoms with Gasteiger partial charge in [-0.15, -0.1) is 5.10 Å². The highest BCUT2D eigenvalue weighted by Gasteiger charge is 2.12. The smallest absolute Gasteiger partial charge is 0.182 e. The minimum Gasteiger partial charge on any atom is -0.504 e. The normalized spacial score (nSPS) is 11.1. The number of nitrogens with zero attached hydrogens (tertiary/aromatic N) is 4. The number of hydrogen-bond donors (Lipinski definition) is 1. The summed E-state index contributed by atoms with van der Waals surface area (Å²) in [6, 6.07) is 12.8. The number of phenols is 1. The summed E-state index contributed by atoms with van der Waals surface area (Å²) < 4.78 is 6.78. The van der Waals surface area contributed by atoms with Crippen LogP contribution < -0.4 is 4.74 Å². The Kier molecular flexibility index (Phi) is 2.69. The Morgan fingerprint density at radius 2 is 2.00 bits per heavy atom. The van der Waals surface area contributed by atoms with Gasteiger partial charge >= 0.3 is 0 Å². The van der Waals surface area contributed by atoms with Crippen LogP contribution in [-0.2, 0) is 0 Å². The van der Waals surface area contributed by atoms with Crippen LogP contribution in [0.25, 0.3) is 27.9 Å². The van der Waals surface area contributed by atoms with Crippen molar-refractivity contribution < 1.29 is 9.84 Å². The Hall–Kier alpha value is -3.15. The Bertz CT molecular complexity index is 994. The van der Waals surface area contributed by atoms with E-state index in [0.29, 0.717) is 11.6 Å². The Labute approximate surface area is 125 Å². The first-order chi connectivity index (χ1) is 10.8. The maximum Gasteiger partial charge on any atom is 0.182 e. The lowest BCUT2D eigenvalue weighted by molar-refractivity contribution is 0.373. The molecule has 0 saturated carbocycles. The second kappa shape index (κ2) is 4.70. The first-order valence-corrected chi connectivity index (χ1v) is 6.74. The molecule has 0 fully saturated rings. The lowest BCUT2D eigenvalue weighted by Crippen LogP contribution is -1.91. The first-order valence-electron chi connectivity index (χ1n) is 6.74. The van der Waals surface area contributed by atoms with Crippen LogP contribution in [0.5, 0.6) is 11.5 Å². The summed E-state index contributed by atoms with van der Waals surface area (Å²) in [6.07, 6.45) is 1.64. The van der Waals surface area contributed by atoms with Crippen LogP contribution >= 0.6 is 0 Å². The number of para-hydroxylation sites is 1. The molecule has 4 aromatic rings. The lowest BCUT2D eigenvalue weighted by atomic mass is 10.2. The predicted octanol–water partition coefficient (Wildman–Crippen LogP) is 2.66. The third kappa shape index (κ3) is 1.85. The molecule has 2 aromatic carbocycles. The van der Waals surface area contributed by atoms with Crippen LogP contribution in [0.1, 0.15) is 0 Å². The van der Waals surface area contributed by atoms with E-state index < -0.39 is 0 Å². The molecule has 0 unspecified atom stereocenters. The first kappa shape index (κ1) is 12.6. The molecule has 1 N–H and O–H groups in total. The highest BCUT2D eigenvalue weighted by atomic mass is 16.5. The van der Waals surface area contributed by atoms with Gasteiger partial charge in [-0.1, -0.05) is 12.1 Å². The highest BCUT2D eigenvalue weighted by Crippen LogP contribution is 2.30. The Morgan fingerprint density at radius 3 is 2.86 bits per heavy atom. The number of methoxy groups -OCH3 is 1. The fraction of sp³-hybridized carbons (Fsp3) is 0.0625. The Balaban J connectivity index is 1.94. The molecular weight excluding hydrogens is 280 g/mol. The van der Waals surface area contributed by atoms with Gasteiger partial charge in [-0.3, -0.25) is 0 Å². The largest absolute Gasteiger partial charge is 0.504 e. The van der Waals surface area contributed by atoms with E-state index >= 15 is 0 Å². The maximum absolute atomic E-state index is 9.68. The summed E-state index contributed by atoms with van der Waals surface area (Å²) in [4.78, 5) is 8.95. The molecular formula is C16H12N4O2. The molecule has 0 aliphatic rings. The monoisotopic (exact) mass is 292 g/mol. The number of hydrogen-bond acceptors (Lipinski definition) is 5. The van der Waals surface area contributed by atoms with Gasteiger partial charge in [-0.2, -0.15) is 0 Å². The molecule has 0 bridgehead atoms. The highest BCUT2D eigenvalue weighted by molar-refractivity contribution is 5.91. The van der Waals surface area contributed by atoms with Crippen LogP contribution in [0.15, 0.2) is 48.8 Å². The molecule has 0 spiro atoms. The molecule has 2 heterocycles. The van der Waals surface area contributed by atoms with Crippen LogP contribution in [-0.4, -0.2) is 31.8 Å². The number of aromatic hydroxyl groups is 1. The zero-order valence-electron chi connectivity index (χ0n) is 11.8. The second-order valence-electron chi connectivity index (χ2n) is 4.85. The molecule has 6 nitrogen and oxygen atoms in total. The average molecular weight is 292 g/mol. The predicted molar refractivity (Wildman–Crippen MR) is 81.9 cm³/mol. The van der Waals surface area contributed by atoms with Gasteiger partial charge in [-0.05, 0) is 30.3 Å².